The predicted molar refractivity (Wildman–Crippen MR) is 91.9 cm³/mol. The van der Waals surface area contributed by atoms with Crippen molar-refractivity contribution >= 4 is 11.0 Å². The fraction of sp³-hybridized carbons (Fsp3) is 0.316. The number of aryl methyl sites for hydroxylation is 2. The fourth-order valence-corrected chi connectivity index (χ4v) is 2.94. The molecule has 0 fully saturated rings. The van der Waals surface area contributed by atoms with Gasteiger partial charge < -0.3 is 14.4 Å². The van der Waals surface area contributed by atoms with E-state index in [1.807, 2.05) is 30.3 Å². The molecule has 120 valence electrons. The van der Waals surface area contributed by atoms with E-state index in [0.717, 1.165) is 22.6 Å². The van der Waals surface area contributed by atoms with Crippen LogP contribution in [0.5, 0.6) is 5.75 Å². The Hall–Kier alpha value is -2.33. The summed E-state index contributed by atoms with van der Waals surface area (Å²) in [6, 6.07) is 14.3. The number of rotatable bonds is 6. The average molecular weight is 310 g/mol. The minimum atomic E-state index is 0.0985. The van der Waals surface area contributed by atoms with Crippen LogP contribution in [0.4, 0.5) is 0 Å². The maximum atomic E-state index is 9.25. The third-order valence-corrected chi connectivity index (χ3v) is 3.85. The van der Waals surface area contributed by atoms with Gasteiger partial charge in [-0.1, -0.05) is 18.2 Å². The van der Waals surface area contributed by atoms with Crippen LogP contribution >= 0.6 is 0 Å². The topological polar surface area (TPSA) is 47.3 Å². The summed E-state index contributed by atoms with van der Waals surface area (Å²) in [4.78, 5) is 4.60. The smallest absolute Gasteiger partial charge is 0.119 e. The van der Waals surface area contributed by atoms with Crippen LogP contribution in [0.2, 0.25) is 0 Å². The quantitative estimate of drug-likeness (QED) is 0.760. The molecule has 0 amide bonds. The van der Waals surface area contributed by atoms with Gasteiger partial charge in [-0.15, -0.1) is 0 Å². The maximum Gasteiger partial charge on any atom is 0.119 e. The minimum absolute atomic E-state index is 0.0985. The van der Waals surface area contributed by atoms with Crippen molar-refractivity contribution in [1.29, 1.82) is 0 Å². The Labute approximate surface area is 136 Å². The second kappa shape index (κ2) is 6.84. The van der Waals surface area contributed by atoms with Crippen LogP contribution < -0.4 is 4.74 Å². The number of aromatic nitrogens is 2. The van der Waals surface area contributed by atoms with Crippen molar-refractivity contribution in [2.45, 2.75) is 26.8 Å². The van der Waals surface area contributed by atoms with E-state index >= 15 is 0 Å². The SMILES string of the molecule is Cc1cc(C)cc(OCCn2c(CCO)nc3ccccc32)c1. The lowest BCUT2D eigenvalue weighted by Crippen LogP contribution is -2.12. The molecule has 23 heavy (non-hydrogen) atoms. The number of imidazole rings is 1. The molecule has 0 bridgehead atoms. The summed E-state index contributed by atoms with van der Waals surface area (Å²) in [5.41, 5.74) is 4.45. The molecule has 1 aromatic heterocycles. The molecule has 2 aromatic carbocycles. The summed E-state index contributed by atoms with van der Waals surface area (Å²) in [6.07, 6.45) is 0.554. The van der Waals surface area contributed by atoms with Gasteiger partial charge in [0, 0.05) is 6.42 Å². The minimum Gasteiger partial charge on any atom is -0.492 e. The summed E-state index contributed by atoms with van der Waals surface area (Å²) >= 11 is 0. The standard InChI is InChI=1S/C19H22N2O2/c1-14-11-15(2)13-16(12-14)23-10-8-21-18-6-4-3-5-17(18)20-19(21)7-9-22/h3-6,11-13,22H,7-10H2,1-2H3. The zero-order valence-electron chi connectivity index (χ0n) is 13.6. The van der Waals surface area contributed by atoms with Gasteiger partial charge in [0.2, 0.25) is 0 Å². The zero-order chi connectivity index (χ0) is 16.2. The molecule has 0 unspecified atom stereocenters. The molecule has 0 atom stereocenters. The first kappa shape index (κ1) is 15.6. The Morgan fingerprint density at radius 1 is 1.09 bits per heavy atom. The van der Waals surface area contributed by atoms with Gasteiger partial charge in [-0.3, -0.25) is 0 Å². The molecule has 4 heteroatoms. The highest BCUT2D eigenvalue weighted by Gasteiger charge is 2.10. The number of para-hydroxylation sites is 2. The number of hydrogen-bond donors (Lipinski definition) is 1. The first-order valence-corrected chi connectivity index (χ1v) is 7.93. The molecule has 0 saturated carbocycles. The van der Waals surface area contributed by atoms with E-state index in [2.05, 4.69) is 35.5 Å². The molecular weight excluding hydrogens is 288 g/mol. The Balaban J connectivity index is 1.77. The van der Waals surface area contributed by atoms with E-state index in [1.54, 1.807) is 0 Å². The van der Waals surface area contributed by atoms with Crippen molar-refractivity contribution in [1.82, 2.24) is 9.55 Å². The summed E-state index contributed by atoms with van der Waals surface area (Å²) in [6.45, 7) is 5.52. The molecule has 0 spiro atoms. The Kier molecular flexibility index (Phi) is 4.63. The number of fused-ring (bicyclic) bond motifs is 1. The van der Waals surface area contributed by atoms with Gasteiger partial charge in [-0.05, 0) is 49.2 Å². The van der Waals surface area contributed by atoms with Crippen molar-refractivity contribution in [2.75, 3.05) is 13.2 Å². The molecule has 4 nitrogen and oxygen atoms in total. The van der Waals surface area contributed by atoms with Crippen LogP contribution in [0.25, 0.3) is 11.0 Å². The number of aliphatic hydroxyl groups excluding tert-OH is 1. The van der Waals surface area contributed by atoms with Crippen molar-refractivity contribution in [2.24, 2.45) is 0 Å². The van der Waals surface area contributed by atoms with E-state index < -0.39 is 0 Å². The molecule has 3 aromatic rings. The molecule has 0 radical (unpaired) electrons. The second-order valence-electron chi connectivity index (χ2n) is 5.81. The van der Waals surface area contributed by atoms with E-state index in [0.29, 0.717) is 19.6 Å². The van der Waals surface area contributed by atoms with E-state index in [9.17, 15) is 5.11 Å². The second-order valence-corrected chi connectivity index (χ2v) is 5.81. The van der Waals surface area contributed by atoms with Crippen LogP contribution in [-0.2, 0) is 13.0 Å². The lowest BCUT2D eigenvalue weighted by Gasteiger charge is -2.11. The van der Waals surface area contributed by atoms with Crippen molar-refractivity contribution < 1.29 is 9.84 Å². The first-order valence-electron chi connectivity index (χ1n) is 7.93. The van der Waals surface area contributed by atoms with Crippen LogP contribution in [0.15, 0.2) is 42.5 Å². The average Bonchev–Trinajstić information content (AvgIpc) is 2.85. The number of aliphatic hydroxyl groups is 1. The summed E-state index contributed by atoms with van der Waals surface area (Å²) in [5.74, 6) is 1.80. The molecule has 0 saturated heterocycles. The van der Waals surface area contributed by atoms with E-state index in [-0.39, 0.29) is 6.61 Å². The highest BCUT2D eigenvalue weighted by atomic mass is 16.5. The molecule has 0 aliphatic heterocycles. The summed E-state index contributed by atoms with van der Waals surface area (Å²) in [5, 5.41) is 9.25. The van der Waals surface area contributed by atoms with Gasteiger partial charge >= 0.3 is 0 Å². The van der Waals surface area contributed by atoms with Crippen LogP contribution in [0.3, 0.4) is 0 Å². The number of nitrogens with zero attached hydrogens (tertiary/aromatic N) is 2. The number of benzene rings is 2. The van der Waals surface area contributed by atoms with E-state index in [4.69, 9.17) is 4.74 Å². The highest BCUT2D eigenvalue weighted by molar-refractivity contribution is 5.75. The van der Waals surface area contributed by atoms with Gasteiger partial charge in [0.1, 0.15) is 18.2 Å². The van der Waals surface area contributed by atoms with Crippen LogP contribution in [0.1, 0.15) is 17.0 Å². The third-order valence-electron chi connectivity index (χ3n) is 3.85. The largest absolute Gasteiger partial charge is 0.492 e. The third kappa shape index (κ3) is 3.54. The lowest BCUT2D eigenvalue weighted by atomic mass is 10.1. The van der Waals surface area contributed by atoms with Gasteiger partial charge in [0.25, 0.3) is 0 Å². The first-order chi connectivity index (χ1) is 11.2. The predicted octanol–water partition coefficient (Wildman–Crippen LogP) is 3.27. The molecule has 3 rings (SSSR count). The van der Waals surface area contributed by atoms with Crippen molar-refractivity contribution in [3.05, 3.63) is 59.4 Å². The van der Waals surface area contributed by atoms with E-state index in [1.165, 1.54) is 11.1 Å². The van der Waals surface area contributed by atoms with Gasteiger partial charge in [0.15, 0.2) is 0 Å². The fourth-order valence-electron chi connectivity index (χ4n) is 2.94. The molecule has 1 N–H and O–H groups in total. The zero-order valence-corrected chi connectivity index (χ0v) is 13.6. The summed E-state index contributed by atoms with van der Waals surface area (Å²) < 4.78 is 8.05. The highest BCUT2D eigenvalue weighted by Crippen LogP contribution is 2.18. The molecule has 0 aliphatic carbocycles. The molecule has 0 aliphatic rings. The van der Waals surface area contributed by atoms with Gasteiger partial charge in [0.05, 0.1) is 24.2 Å². The van der Waals surface area contributed by atoms with Crippen LogP contribution in [0, 0.1) is 13.8 Å². The monoisotopic (exact) mass is 310 g/mol. The van der Waals surface area contributed by atoms with Crippen LogP contribution in [-0.4, -0.2) is 27.9 Å². The maximum absolute atomic E-state index is 9.25. The molecule has 1 heterocycles. The van der Waals surface area contributed by atoms with Gasteiger partial charge in [-0.2, -0.15) is 0 Å². The van der Waals surface area contributed by atoms with Crippen molar-refractivity contribution in [3.8, 4) is 5.75 Å². The molecular formula is C19H22N2O2. The van der Waals surface area contributed by atoms with Crippen molar-refractivity contribution in [3.63, 3.8) is 0 Å². The normalized spacial score (nSPS) is 11.1. The number of hydrogen-bond acceptors (Lipinski definition) is 3. The Morgan fingerprint density at radius 3 is 2.57 bits per heavy atom. The van der Waals surface area contributed by atoms with Gasteiger partial charge in [-0.25, -0.2) is 4.98 Å². The Bertz CT molecular complexity index is 788. The number of ether oxygens (including phenoxy) is 1. The lowest BCUT2D eigenvalue weighted by molar-refractivity contribution is 0.283. The summed E-state index contributed by atoms with van der Waals surface area (Å²) in [7, 11) is 0. The Morgan fingerprint density at radius 2 is 1.83 bits per heavy atom.